The molecule has 0 fully saturated rings. The predicted molar refractivity (Wildman–Crippen MR) is 56.8 cm³/mol. The minimum Gasteiger partial charge on any atom is -0.206 e. The Hall–Kier alpha value is -1.98. The van der Waals surface area contributed by atoms with E-state index in [1.807, 2.05) is 0 Å². The molecular weight excluding hydrogens is 270 g/mol. The lowest BCUT2D eigenvalue weighted by Gasteiger charge is -2.10. The van der Waals surface area contributed by atoms with Gasteiger partial charge in [-0.3, -0.25) is 0 Å². The highest BCUT2D eigenvalue weighted by Crippen LogP contribution is 2.35. The largest absolute Gasteiger partial charge is 0.419 e. The summed E-state index contributed by atoms with van der Waals surface area (Å²) in [5.74, 6) is -3.93. The minimum absolute atomic E-state index is 0.245. The van der Waals surface area contributed by atoms with Gasteiger partial charge in [0.05, 0.1) is 5.56 Å². The molecule has 0 atom stereocenters. The summed E-state index contributed by atoms with van der Waals surface area (Å²) >= 11 is 0. The van der Waals surface area contributed by atoms with Crippen LogP contribution in [0.15, 0.2) is 36.4 Å². The molecule has 19 heavy (non-hydrogen) atoms. The van der Waals surface area contributed by atoms with Crippen molar-refractivity contribution in [1.82, 2.24) is 0 Å². The number of hydrogen-bond acceptors (Lipinski definition) is 0. The maximum atomic E-state index is 13.5. The fourth-order valence-electron chi connectivity index (χ4n) is 1.64. The molecule has 0 aromatic heterocycles. The predicted octanol–water partition coefficient (Wildman–Crippen LogP) is 4.79. The normalized spacial score (nSPS) is 11.7. The molecular formula is C13H6F6. The molecule has 0 aliphatic rings. The van der Waals surface area contributed by atoms with E-state index in [1.165, 1.54) is 0 Å². The van der Waals surface area contributed by atoms with Crippen molar-refractivity contribution in [3.63, 3.8) is 0 Å². The molecule has 2 aromatic carbocycles. The van der Waals surface area contributed by atoms with E-state index in [-0.39, 0.29) is 11.1 Å². The molecule has 0 radical (unpaired) electrons. The first-order chi connectivity index (χ1) is 8.80. The zero-order valence-corrected chi connectivity index (χ0v) is 9.23. The first-order valence-corrected chi connectivity index (χ1v) is 5.12. The fraction of sp³-hybridized carbons (Fsp3) is 0.0769. The summed E-state index contributed by atoms with van der Waals surface area (Å²) in [6.45, 7) is 0. The van der Waals surface area contributed by atoms with Crippen LogP contribution in [-0.4, -0.2) is 0 Å². The van der Waals surface area contributed by atoms with Gasteiger partial charge in [-0.25, -0.2) is 13.2 Å². The summed E-state index contributed by atoms with van der Waals surface area (Å²) in [4.78, 5) is 0. The lowest BCUT2D eigenvalue weighted by Crippen LogP contribution is -2.08. The van der Waals surface area contributed by atoms with Gasteiger partial charge < -0.3 is 0 Å². The smallest absolute Gasteiger partial charge is 0.206 e. The van der Waals surface area contributed by atoms with Gasteiger partial charge in [-0.05, 0) is 23.8 Å². The quantitative estimate of drug-likeness (QED) is 0.657. The Morgan fingerprint density at radius 1 is 0.789 bits per heavy atom. The van der Waals surface area contributed by atoms with Gasteiger partial charge in [-0.15, -0.1) is 0 Å². The van der Waals surface area contributed by atoms with Crippen LogP contribution >= 0.6 is 0 Å². The summed E-state index contributed by atoms with van der Waals surface area (Å²) in [5.41, 5.74) is -2.12. The van der Waals surface area contributed by atoms with Crippen LogP contribution in [0.1, 0.15) is 5.56 Å². The molecule has 2 aromatic rings. The topological polar surface area (TPSA) is 0 Å². The lowest BCUT2D eigenvalue weighted by molar-refractivity contribution is -0.139. The molecule has 100 valence electrons. The number of hydrogen-bond donors (Lipinski definition) is 0. The van der Waals surface area contributed by atoms with Gasteiger partial charge >= 0.3 is 6.18 Å². The third kappa shape index (κ3) is 2.57. The Morgan fingerprint density at radius 2 is 1.47 bits per heavy atom. The van der Waals surface area contributed by atoms with Crippen LogP contribution in [0.3, 0.4) is 0 Å². The molecule has 0 saturated carbocycles. The monoisotopic (exact) mass is 276 g/mol. The summed E-state index contributed by atoms with van der Waals surface area (Å²) in [6, 6.07) is 5.10. The average Bonchev–Trinajstić information content (AvgIpc) is 2.32. The SMILES string of the molecule is Fc1ccc(-c2cccc(F)c2F)cc1C(F)(F)F. The van der Waals surface area contributed by atoms with Crippen LogP contribution in [0.2, 0.25) is 0 Å². The average molecular weight is 276 g/mol. The van der Waals surface area contributed by atoms with E-state index in [0.29, 0.717) is 12.1 Å². The molecule has 0 amide bonds. The van der Waals surface area contributed by atoms with Gasteiger partial charge in [0.25, 0.3) is 0 Å². The first kappa shape index (κ1) is 13.5. The van der Waals surface area contributed by atoms with E-state index in [1.54, 1.807) is 0 Å². The molecule has 2 rings (SSSR count). The number of alkyl halides is 3. The Labute approximate surface area is 104 Å². The van der Waals surface area contributed by atoms with Crippen molar-refractivity contribution in [2.75, 3.05) is 0 Å². The zero-order valence-electron chi connectivity index (χ0n) is 9.23. The van der Waals surface area contributed by atoms with E-state index >= 15 is 0 Å². The van der Waals surface area contributed by atoms with Crippen LogP contribution in [-0.2, 0) is 6.18 Å². The van der Waals surface area contributed by atoms with E-state index < -0.39 is 29.2 Å². The van der Waals surface area contributed by atoms with E-state index in [9.17, 15) is 26.3 Å². The fourth-order valence-corrected chi connectivity index (χ4v) is 1.64. The zero-order chi connectivity index (χ0) is 14.2. The Bertz CT molecular complexity index is 615. The van der Waals surface area contributed by atoms with Gasteiger partial charge in [-0.2, -0.15) is 13.2 Å². The summed E-state index contributed by atoms with van der Waals surface area (Å²) in [5, 5.41) is 0. The third-order valence-electron chi connectivity index (χ3n) is 2.53. The maximum Gasteiger partial charge on any atom is 0.419 e. The van der Waals surface area contributed by atoms with Gasteiger partial charge in [0.1, 0.15) is 5.82 Å². The van der Waals surface area contributed by atoms with Crippen LogP contribution in [0.4, 0.5) is 26.3 Å². The second kappa shape index (κ2) is 4.60. The molecule has 0 saturated heterocycles. The molecule has 0 N–H and O–H groups in total. The first-order valence-electron chi connectivity index (χ1n) is 5.12. The second-order valence-electron chi connectivity index (χ2n) is 3.79. The Balaban J connectivity index is 2.62. The van der Waals surface area contributed by atoms with Crippen LogP contribution in [0, 0.1) is 17.5 Å². The van der Waals surface area contributed by atoms with Crippen molar-refractivity contribution >= 4 is 0 Å². The summed E-state index contributed by atoms with van der Waals surface area (Å²) < 4.78 is 77.1. The Morgan fingerprint density at radius 3 is 2.11 bits per heavy atom. The Kier molecular flexibility index (Phi) is 3.26. The van der Waals surface area contributed by atoms with Crippen molar-refractivity contribution in [3.05, 3.63) is 59.4 Å². The molecule has 0 aliphatic carbocycles. The van der Waals surface area contributed by atoms with Crippen molar-refractivity contribution in [2.24, 2.45) is 0 Å². The number of halogens is 6. The van der Waals surface area contributed by atoms with Gasteiger partial charge in [0.2, 0.25) is 0 Å². The highest BCUT2D eigenvalue weighted by Gasteiger charge is 2.34. The van der Waals surface area contributed by atoms with Gasteiger partial charge in [0, 0.05) is 5.56 Å². The molecule has 0 nitrogen and oxygen atoms in total. The lowest BCUT2D eigenvalue weighted by atomic mass is 10.0. The van der Waals surface area contributed by atoms with Gasteiger partial charge in [0.15, 0.2) is 11.6 Å². The number of rotatable bonds is 1. The minimum atomic E-state index is -4.90. The standard InChI is InChI=1S/C13H6F6/c14-10-5-4-7(6-9(10)13(17,18)19)8-2-1-3-11(15)12(8)16/h1-6H. The van der Waals surface area contributed by atoms with Crippen molar-refractivity contribution in [1.29, 1.82) is 0 Å². The second-order valence-corrected chi connectivity index (χ2v) is 3.79. The van der Waals surface area contributed by atoms with E-state index in [4.69, 9.17) is 0 Å². The van der Waals surface area contributed by atoms with Crippen LogP contribution in [0.5, 0.6) is 0 Å². The summed E-state index contributed by atoms with van der Waals surface area (Å²) in [6.07, 6.45) is -4.90. The van der Waals surface area contributed by atoms with Crippen molar-refractivity contribution in [2.45, 2.75) is 6.18 Å². The highest BCUT2D eigenvalue weighted by atomic mass is 19.4. The van der Waals surface area contributed by atoms with E-state index in [2.05, 4.69) is 0 Å². The van der Waals surface area contributed by atoms with Crippen molar-refractivity contribution < 1.29 is 26.3 Å². The van der Waals surface area contributed by atoms with Crippen LogP contribution < -0.4 is 0 Å². The van der Waals surface area contributed by atoms with Gasteiger partial charge in [-0.1, -0.05) is 18.2 Å². The molecule has 0 heterocycles. The molecule has 0 spiro atoms. The van der Waals surface area contributed by atoms with Crippen molar-refractivity contribution in [3.8, 4) is 11.1 Å². The molecule has 6 heteroatoms. The van der Waals surface area contributed by atoms with Crippen LogP contribution in [0.25, 0.3) is 11.1 Å². The van der Waals surface area contributed by atoms with E-state index in [0.717, 1.165) is 24.3 Å². The molecule has 0 bridgehead atoms. The highest BCUT2D eigenvalue weighted by molar-refractivity contribution is 5.65. The molecule has 0 unspecified atom stereocenters. The maximum absolute atomic E-state index is 13.5. The third-order valence-corrected chi connectivity index (χ3v) is 2.53. The number of benzene rings is 2. The summed E-state index contributed by atoms with van der Waals surface area (Å²) in [7, 11) is 0. The molecule has 0 aliphatic heterocycles.